The molecule has 7 heteroatoms. The second kappa shape index (κ2) is 12.8. The average Bonchev–Trinajstić information content (AvgIpc) is 3.94. The number of hydrogen-bond donors (Lipinski definition) is 0. The van der Waals surface area contributed by atoms with Gasteiger partial charge in [0.25, 0.3) is 0 Å². The maximum Gasteiger partial charge on any atom is 0.238 e. The van der Waals surface area contributed by atoms with Crippen LogP contribution in [0.25, 0.3) is 106 Å². The first-order valence-electron chi connectivity index (χ1n) is 19.6. The Labute approximate surface area is 337 Å². The molecule has 0 atom stereocenters. The molecule has 8 aromatic carbocycles. The lowest BCUT2D eigenvalue weighted by Crippen LogP contribution is -2.10. The molecule has 59 heavy (non-hydrogen) atoms. The zero-order valence-corrected chi connectivity index (χ0v) is 31.5. The summed E-state index contributed by atoms with van der Waals surface area (Å²) < 4.78 is 6.76. The van der Waals surface area contributed by atoms with Gasteiger partial charge in [-0.1, -0.05) is 133 Å². The smallest absolute Gasteiger partial charge is 0.238 e. The molecule has 0 saturated carbocycles. The molecule has 0 radical (unpaired) electrons. The summed E-state index contributed by atoms with van der Waals surface area (Å²) in [6.45, 7) is 0. The van der Waals surface area contributed by atoms with E-state index in [0.29, 0.717) is 23.2 Å². The maximum atomic E-state index is 10.2. The highest BCUT2D eigenvalue weighted by molar-refractivity contribution is 6.12. The highest BCUT2D eigenvalue weighted by atomic mass is 15.2. The molecule has 0 aliphatic rings. The lowest BCUT2D eigenvalue weighted by Gasteiger charge is -2.20. The molecule has 0 aliphatic carbocycles. The molecule has 0 amide bonds. The predicted octanol–water partition coefficient (Wildman–Crippen LogP) is 12.4. The SMILES string of the molecule is N#Cc1ccc2c3ccccc3n(-c3cccc(-n4c5ccccc5c5ccccc54)c3-c3nc(-c4ccccc4)nc(-n4c5ccccc5c5ccccc54)n3)c2c1. The monoisotopic (exact) mass is 753 g/mol. The highest BCUT2D eigenvalue weighted by Gasteiger charge is 2.25. The Bertz CT molecular complexity index is 3590. The third kappa shape index (κ3) is 4.90. The molecule has 0 fully saturated rings. The van der Waals surface area contributed by atoms with Gasteiger partial charge in [-0.05, 0) is 54.6 Å². The Morgan fingerprint density at radius 2 is 0.780 bits per heavy atom. The molecule has 0 bridgehead atoms. The van der Waals surface area contributed by atoms with Crippen molar-refractivity contribution in [1.82, 2.24) is 28.7 Å². The number of hydrogen-bond acceptors (Lipinski definition) is 4. The number of nitriles is 1. The number of benzene rings is 8. The lowest BCUT2D eigenvalue weighted by atomic mass is 10.1. The van der Waals surface area contributed by atoms with Crippen molar-refractivity contribution >= 4 is 65.4 Å². The summed E-state index contributed by atoms with van der Waals surface area (Å²) in [6, 6.07) is 67.2. The molecule has 12 rings (SSSR count). The molecule has 0 unspecified atom stereocenters. The summed E-state index contributed by atoms with van der Waals surface area (Å²) in [5.41, 5.74) is 10.2. The van der Waals surface area contributed by atoms with Crippen molar-refractivity contribution in [2.75, 3.05) is 0 Å². The largest absolute Gasteiger partial charge is 0.308 e. The highest BCUT2D eigenvalue weighted by Crippen LogP contribution is 2.42. The molecular formula is C52H31N7. The van der Waals surface area contributed by atoms with Gasteiger partial charge in [0.05, 0.1) is 61.7 Å². The van der Waals surface area contributed by atoms with E-state index in [4.69, 9.17) is 15.0 Å². The van der Waals surface area contributed by atoms with Gasteiger partial charge in [0.2, 0.25) is 5.95 Å². The van der Waals surface area contributed by atoms with Crippen molar-refractivity contribution in [2.24, 2.45) is 0 Å². The third-order valence-corrected chi connectivity index (χ3v) is 11.5. The van der Waals surface area contributed by atoms with Crippen LogP contribution in [0.3, 0.4) is 0 Å². The van der Waals surface area contributed by atoms with E-state index in [1.165, 1.54) is 0 Å². The topological polar surface area (TPSA) is 77.2 Å². The standard InChI is InChI=1S/C52H31N7/c53-32-33-29-30-40-39-21-6-11-24-43(39)58(48(40)31-33)47-28-14-27-46(57-41-22-9-4-17-35(41)36-18-5-10-23-42(36)57)49(47)51-54-50(34-15-2-1-3-16-34)55-52(56-51)59-44-25-12-7-19-37(44)38-20-8-13-26-45(38)59/h1-31H. The molecule has 0 aliphatic heterocycles. The van der Waals surface area contributed by atoms with Gasteiger partial charge in [0, 0.05) is 37.9 Å². The normalized spacial score (nSPS) is 11.7. The van der Waals surface area contributed by atoms with E-state index in [2.05, 4.69) is 165 Å². The van der Waals surface area contributed by atoms with Crippen LogP contribution in [0.2, 0.25) is 0 Å². The molecule has 4 aromatic heterocycles. The van der Waals surface area contributed by atoms with Crippen molar-refractivity contribution in [1.29, 1.82) is 5.26 Å². The molecule has 12 aromatic rings. The van der Waals surface area contributed by atoms with Gasteiger partial charge in [0.1, 0.15) is 0 Å². The molecular weight excluding hydrogens is 723 g/mol. The molecule has 274 valence electrons. The van der Waals surface area contributed by atoms with E-state index >= 15 is 0 Å². The predicted molar refractivity (Wildman–Crippen MR) is 238 cm³/mol. The van der Waals surface area contributed by atoms with Crippen LogP contribution in [0.5, 0.6) is 0 Å². The first-order chi connectivity index (χ1) is 29.2. The Balaban J connectivity index is 1.27. The molecule has 4 heterocycles. The Hall–Kier alpha value is -8.34. The second-order valence-electron chi connectivity index (χ2n) is 14.8. The van der Waals surface area contributed by atoms with Gasteiger partial charge in [-0.2, -0.15) is 15.2 Å². The van der Waals surface area contributed by atoms with Crippen LogP contribution in [0, 0.1) is 11.3 Å². The van der Waals surface area contributed by atoms with Gasteiger partial charge in [-0.25, -0.2) is 4.98 Å². The second-order valence-corrected chi connectivity index (χ2v) is 14.8. The fourth-order valence-corrected chi connectivity index (χ4v) is 9.04. The van der Waals surface area contributed by atoms with Gasteiger partial charge in [-0.15, -0.1) is 0 Å². The van der Waals surface area contributed by atoms with Crippen molar-refractivity contribution < 1.29 is 0 Å². The van der Waals surface area contributed by atoms with Crippen LogP contribution in [0.1, 0.15) is 5.56 Å². The zero-order valence-electron chi connectivity index (χ0n) is 31.5. The maximum absolute atomic E-state index is 10.2. The van der Waals surface area contributed by atoms with E-state index < -0.39 is 0 Å². The Morgan fingerprint density at radius 3 is 1.29 bits per heavy atom. The molecule has 0 saturated heterocycles. The summed E-state index contributed by atoms with van der Waals surface area (Å²) in [6.07, 6.45) is 0. The molecule has 7 nitrogen and oxygen atoms in total. The van der Waals surface area contributed by atoms with E-state index in [1.54, 1.807) is 0 Å². The van der Waals surface area contributed by atoms with Crippen LogP contribution in [0.15, 0.2) is 188 Å². The summed E-state index contributed by atoms with van der Waals surface area (Å²) in [5, 5.41) is 16.9. The minimum absolute atomic E-state index is 0.517. The van der Waals surface area contributed by atoms with Gasteiger partial charge in [0.15, 0.2) is 11.6 Å². The van der Waals surface area contributed by atoms with Crippen LogP contribution >= 0.6 is 0 Å². The van der Waals surface area contributed by atoms with Crippen molar-refractivity contribution in [3.05, 3.63) is 194 Å². The average molecular weight is 754 g/mol. The quantitative estimate of drug-likeness (QED) is 0.175. The van der Waals surface area contributed by atoms with E-state index in [-0.39, 0.29) is 0 Å². The van der Waals surface area contributed by atoms with Gasteiger partial charge in [-0.3, -0.25) is 4.57 Å². The first-order valence-corrected chi connectivity index (χ1v) is 19.6. The minimum Gasteiger partial charge on any atom is -0.308 e. The van der Waals surface area contributed by atoms with E-state index in [9.17, 15) is 5.26 Å². The van der Waals surface area contributed by atoms with E-state index in [0.717, 1.165) is 87.9 Å². The first kappa shape index (κ1) is 32.9. The summed E-state index contributed by atoms with van der Waals surface area (Å²) >= 11 is 0. The summed E-state index contributed by atoms with van der Waals surface area (Å²) in [7, 11) is 0. The number of rotatable bonds is 5. The fraction of sp³-hybridized carbons (Fsp3) is 0. The van der Waals surface area contributed by atoms with Gasteiger partial charge >= 0.3 is 0 Å². The number of para-hydroxylation sites is 5. The van der Waals surface area contributed by atoms with Crippen LogP contribution < -0.4 is 0 Å². The zero-order chi connectivity index (χ0) is 39.0. The Morgan fingerprint density at radius 1 is 0.356 bits per heavy atom. The molecule has 0 spiro atoms. The van der Waals surface area contributed by atoms with Crippen molar-refractivity contribution in [3.8, 4) is 46.2 Å². The number of nitrogens with zero attached hydrogens (tertiary/aromatic N) is 7. The van der Waals surface area contributed by atoms with Crippen molar-refractivity contribution in [2.45, 2.75) is 0 Å². The third-order valence-electron chi connectivity index (χ3n) is 11.5. The summed E-state index contributed by atoms with van der Waals surface area (Å²) in [4.78, 5) is 16.2. The van der Waals surface area contributed by atoms with Gasteiger partial charge < -0.3 is 9.13 Å². The van der Waals surface area contributed by atoms with Crippen molar-refractivity contribution in [3.63, 3.8) is 0 Å². The van der Waals surface area contributed by atoms with Crippen LogP contribution in [-0.4, -0.2) is 28.7 Å². The lowest BCUT2D eigenvalue weighted by molar-refractivity contribution is 0.949. The number of aromatic nitrogens is 6. The fourth-order valence-electron chi connectivity index (χ4n) is 9.04. The van der Waals surface area contributed by atoms with Crippen LogP contribution in [-0.2, 0) is 0 Å². The number of fused-ring (bicyclic) bond motifs is 9. The minimum atomic E-state index is 0.517. The van der Waals surface area contributed by atoms with E-state index in [1.807, 2.05) is 42.5 Å². The summed E-state index contributed by atoms with van der Waals surface area (Å²) in [5.74, 6) is 1.60. The van der Waals surface area contributed by atoms with Crippen LogP contribution in [0.4, 0.5) is 0 Å². The molecule has 0 N–H and O–H groups in total. The Kier molecular flexibility index (Phi) is 7.16.